The lowest BCUT2D eigenvalue weighted by Crippen LogP contribution is -2.08. The van der Waals surface area contributed by atoms with Crippen molar-refractivity contribution in [1.82, 2.24) is 9.78 Å². The van der Waals surface area contributed by atoms with E-state index in [0.29, 0.717) is 5.75 Å². The second-order valence-electron chi connectivity index (χ2n) is 3.72. The normalized spacial score (nSPS) is 14.2. The Morgan fingerprint density at radius 3 is 2.82 bits per heavy atom. The zero-order chi connectivity index (χ0) is 12.8. The number of aryl methyl sites for hydroxylation is 2. The molecule has 1 heterocycles. The molecule has 0 aromatic carbocycles. The molecular weight excluding hydrogens is 232 g/mol. The van der Waals surface area contributed by atoms with E-state index in [-0.39, 0.29) is 0 Å². The first kappa shape index (κ1) is 13.8. The highest BCUT2D eigenvalue weighted by atomic mass is 32.2. The first-order valence-corrected chi connectivity index (χ1v) is 6.73. The van der Waals surface area contributed by atoms with E-state index in [4.69, 9.17) is 0 Å². The van der Waals surface area contributed by atoms with Crippen LogP contribution in [0, 0.1) is 6.92 Å². The minimum atomic E-state index is -1.06. The monoisotopic (exact) mass is 250 g/mol. The van der Waals surface area contributed by atoms with Crippen molar-refractivity contribution in [3.05, 3.63) is 48.3 Å². The van der Waals surface area contributed by atoms with Crippen molar-refractivity contribution in [1.29, 1.82) is 0 Å². The van der Waals surface area contributed by atoms with Crippen LogP contribution in [0.1, 0.15) is 12.6 Å². The molecule has 0 fully saturated rings. The largest absolute Gasteiger partial charge is 0.611 e. The van der Waals surface area contributed by atoms with E-state index < -0.39 is 11.2 Å². The van der Waals surface area contributed by atoms with E-state index in [1.54, 1.807) is 10.8 Å². The molecule has 1 unspecified atom stereocenters. The minimum Gasteiger partial charge on any atom is -0.611 e. The summed E-state index contributed by atoms with van der Waals surface area (Å²) in [7, 11) is 1.83. The van der Waals surface area contributed by atoms with Crippen LogP contribution in [-0.4, -0.2) is 20.1 Å². The van der Waals surface area contributed by atoms with Crippen LogP contribution < -0.4 is 0 Å². The Morgan fingerprint density at radius 1 is 1.65 bits per heavy atom. The van der Waals surface area contributed by atoms with E-state index in [2.05, 4.69) is 11.7 Å². The summed E-state index contributed by atoms with van der Waals surface area (Å²) in [6.07, 6.45) is 9.28. The highest BCUT2D eigenvalue weighted by Crippen LogP contribution is 2.17. The molecular formula is C13H18N2OS. The Kier molecular flexibility index (Phi) is 5.25. The fraction of sp³-hybridized carbons (Fsp3) is 0.308. The molecule has 1 aromatic rings. The van der Waals surface area contributed by atoms with Gasteiger partial charge in [0, 0.05) is 12.6 Å². The Morgan fingerprint density at radius 2 is 2.35 bits per heavy atom. The van der Waals surface area contributed by atoms with Crippen LogP contribution in [-0.2, 0) is 18.2 Å². The van der Waals surface area contributed by atoms with Crippen molar-refractivity contribution in [3.63, 3.8) is 0 Å². The van der Waals surface area contributed by atoms with E-state index in [0.717, 1.165) is 16.2 Å². The van der Waals surface area contributed by atoms with Gasteiger partial charge in [-0.05, 0) is 25.0 Å². The van der Waals surface area contributed by atoms with Gasteiger partial charge < -0.3 is 4.55 Å². The van der Waals surface area contributed by atoms with Crippen LogP contribution in [0.25, 0.3) is 0 Å². The van der Waals surface area contributed by atoms with Crippen LogP contribution in [0.2, 0.25) is 0 Å². The Hall–Kier alpha value is -1.26. The molecule has 17 heavy (non-hydrogen) atoms. The second-order valence-corrected chi connectivity index (χ2v) is 5.14. The lowest BCUT2D eigenvalue weighted by Gasteiger charge is -2.09. The predicted octanol–water partition coefficient (Wildman–Crippen LogP) is 2.52. The first-order chi connectivity index (χ1) is 8.08. The highest BCUT2D eigenvalue weighted by molar-refractivity contribution is 7.91. The Labute approximate surface area is 106 Å². The molecule has 4 heteroatoms. The lowest BCUT2D eigenvalue weighted by atomic mass is 10.2. The average Bonchev–Trinajstić information content (AvgIpc) is 2.58. The summed E-state index contributed by atoms with van der Waals surface area (Å²) >= 11 is -1.06. The van der Waals surface area contributed by atoms with E-state index in [1.807, 2.05) is 45.3 Å². The van der Waals surface area contributed by atoms with Gasteiger partial charge in [-0.2, -0.15) is 5.10 Å². The van der Waals surface area contributed by atoms with Crippen LogP contribution in [0.3, 0.4) is 0 Å². The minimum absolute atomic E-state index is 0.489. The number of rotatable bonds is 5. The van der Waals surface area contributed by atoms with Gasteiger partial charge in [-0.25, -0.2) is 0 Å². The molecule has 1 atom stereocenters. The molecule has 0 spiro atoms. The van der Waals surface area contributed by atoms with Crippen molar-refractivity contribution >= 4 is 11.2 Å². The van der Waals surface area contributed by atoms with Gasteiger partial charge in [0.25, 0.3) is 0 Å². The topological polar surface area (TPSA) is 40.9 Å². The van der Waals surface area contributed by atoms with Crippen LogP contribution in [0.4, 0.5) is 0 Å². The average molecular weight is 250 g/mol. The highest BCUT2D eigenvalue weighted by Gasteiger charge is 2.18. The van der Waals surface area contributed by atoms with Gasteiger partial charge in [-0.3, -0.25) is 4.68 Å². The number of hydrogen-bond acceptors (Lipinski definition) is 2. The fourth-order valence-corrected chi connectivity index (χ4v) is 2.84. The van der Waals surface area contributed by atoms with Gasteiger partial charge in [0.1, 0.15) is 11.4 Å². The maximum atomic E-state index is 12.2. The van der Waals surface area contributed by atoms with Gasteiger partial charge in [0.15, 0.2) is 4.90 Å². The third-order valence-electron chi connectivity index (χ3n) is 2.22. The van der Waals surface area contributed by atoms with Crippen LogP contribution >= 0.6 is 0 Å². The van der Waals surface area contributed by atoms with Crippen molar-refractivity contribution in [3.8, 4) is 0 Å². The SMILES string of the molecule is C=C/C=C(\C=C/C)C[S+]([O-])c1cn(C)nc1C. The Bertz CT molecular complexity index is 446. The van der Waals surface area contributed by atoms with Gasteiger partial charge in [-0.15, -0.1) is 0 Å². The van der Waals surface area contributed by atoms with Gasteiger partial charge in [-0.1, -0.05) is 30.9 Å². The third-order valence-corrected chi connectivity index (χ3v) is 3.71. The van der Waals surface area contributed by atoms with E-state index in [1.165, 1.54) is 0 Å². The molecule has 0 bridgehead atoms. The molecule has 0 aliphatic rings. The Balaban J connectivity index is 2.84. The first-order valence-electron chi connectivity index (χ1n) is 5.41. The van der Waals surface area contributed by atoms with Gasteiger partial charge >= 0.3 is 0 Å². The van der Waals surface area contributed by atoms with Gasteiger partial charge in [0.2, 0.25) is 0 Å². The van der Waals surface area contributed by atoms with Crippen molar-refractivity contribution in [2.24, 2.45) is 7.05 Å². The van der Waals surface area contributed by atoms with Crippen molar-refractivity contribution < 1.29 is 4.55 Å². The maximum absolute atomic E-state index is 12.2. The van der Waals surface area contributed by atoms with Crippen molar-refractivity contribution in [2.45, 2.75) is 18.7 Å². The summed E-state index contributed by atoms with van der Waals surface area (Å²) in [6.45, 7) is 7.47. The van der Waals surface area contributed by atoms with Gasteiger partial charge in [0.05, 0.1) is 6.20 Å². The molecule has 1 aromatic heterocycles. The number of hydrogen-bond donors (Lipinski definition) is 0. The summed E-state index contributed by atoms with van der Waals surface area (Å²) in [5.41, 5.74) is 1.83. The molecule has 3 nitrogen and oxygen atoms in total. The molecule has 0 N–H and O–H groups in total. The van der Waals surface area contributed by atoms with E-state index >= 15 is 0 Å². The molecule has 92 valence electrons. The summed E-state index contributed by atoms with van der Waals surface area (Å²) < 4.78 is 13.9. The number of allylic oxidation sites excluding steroid dienone is 4. The molecule has 0 saturated heterocycles. The zero-order valence-electron chi connectivity index (χ0n) is 10.5. The summed E-state index contributed by atoms with van der Waals surface area (Å²) in [5, 5.41) is 4.20. The smallest absolute Gasteiger partial charge is 0.193 e. The zero-order valence-corrected chi connectivity index (χ0v) is 11.3. The van der Waals surface area contributed by atoms with Crippen molar-refractivity contribution in [2.75, 3.05) is 5.75 Å². The lowest BCUT2D eigenvalue weighted by molar-refractivity contribution is 0.596. The third kappa shape index (κ3) is 3.91. The quantitative estimate of drug-likeness (QED) is 0.595. The molecule has 0 aliphatic carbocycles. The second kappa shape index (κ2) is 6.47. The molecule has 0 saturated carbocycles. The fourth-order valence-electron chi connectivity index (χ4n) is 1.55. The van der Waals surface area contributed by atoms with E-state index in [9.17, 15) is 4.55 Å². The number of nitrogens with zero attached hydrogens (tertiary/aromatic N) is 2. The summed E-state index contributed by atoms with van der Waals surface area (Å²) in [6, 6.07) is 0. The maximum Gasteiger partial charge on any atom is 0.193 e. The summed E-state index contributed by atoms with van der Waals surface area (Å²) in [4.78, 5) is 0.798. The molecule has 0 amide bonds. The van der Waals surface area contributed by atoms with Crippen LogP contribution in [0.15, 0.2) is 47.5 Å². The predicted molar refractivity (Wildman–Crippen MR) is 72.3 cm³/mol. The molecule has 1 rings (SSSR count). The molecule has 0 radical (unpaired) electrons. The van der Waals surface area contributed by atoms with Crippen LogP contribution in [0.5, 0.6) is 0 Å². The summed E-state index contributed by atoms with van der Waals surface area (Å²) in [5.74, 6) is 0.489. The molecule has 0 aliphatic heterocycles. The standard InChI is InChI=1S/C13H18N2OS/c1-5-7-12(8-6-2)10-17(16)13-9-15(4)14-11(13)3/h5-9H,1,10H2,2-4H3/b8-6-,12-7+. The number of aromatic nitrogens is 2.